The van der Waals surface area contributed by atoms with Gasteiger partial charge in [-0.25, -0.2) is 4.98 Å². The summed E-state index contributed by atoms with van der Waals surface area (Å²) in [7, 11) is 0. The number of hydrogen-bond donors (Lipinski definition) is 1. The molecule has 0 radical (unpaired) electrons. The molecular weight excluding hydrogens is 459 g/mol. The number of ketones is 1. The fourth-order valence-electron chi connectivity index (χ4n) is 4.77. The van der Waals surface area contributed by atoms with E-state index in [0.717, 1.165) is 53.8 Å². The molecule has 1 aliphatic rings. The number of aromatic nitrogens is 1. The number of aryl methyl sites for hydroxylation is 3. The third-order valence-electron chi connectivity index (χ3n) is 6.63. The number of nitrogens with zero attached hydrogens (tertiary/aromatic N) is 1. The second-order valence-electron chi connectivity index (χ2n) is 8.94. The molecule has 1 aromatic carbocycles. The van der Waals surface area contributed by atoms with Crippen LogP contribution in [0.4, 0.5) is 13.2 Å². The minimum Gasteiger partial charge on any atom is -0.512 e. The average Bonchev–Trinajstić information content (AvgIpc) is 2.79. The van der Waals surface area contributed by atoms with Gasteiger partial charge in [0.05, 0.1) is 16.2 Å². The van der Waals surface area contributed by atoms with Gasteiger partial charge in [0.2, 0.25) is 0 Å². The van der Waals surface area contributed by atoms with Gasteiger partial charge in [0, 0.05) is 24.8 Å². The molecule has 2 atom stereocenters. The fourth-order valence-corrected chi connectivity index (χ4v) is 5.96. The van der Waals surface area contributed by atoms with Gasteiger partial charge in [-0.15, -0.1) is 11.8 Å². The molecule has 1 aromatic heterocycles. The highest BCUT2D eigenvalue weighted by atomic mass is 32.2. The van der Waals surface area contributed by atoms with Gasteiger partial charge in [0.1, 0.15) is 5.76 Å². The summed E-state index contributed by atoms with van der Waals surface area (Å²) >= 11 is 1.39. The van der Waals surface area contributed by atoms with Gasteiger partial charge in [-0.05, 0) is 60.4 Å². The molecule has 0 bridgehead atoms. The zero-order chi connectivity index (χ0) is 25.0. The molecule has 7 heteroatoms. The fraction of sp³-hybridized carbons (Fsp3) is 0.481. The molecule has 0 aliphatic heterocycles. The Hall–Kier alpha value is -2.28. The predicted octanol–water partition coefficient (Wildman–Crippen LogP) is 7.60. The molecule has 0 spiro atoms. The van der Waals surface area contributed by atoms with E-state index in [1.54, 1.807) is 0 Å². The first kappa shape index (κ1) is 26.3. The van der Waals surface area contributed by atoms with Crippen molar-refractivity contribution in [2.75, 3.05) is 5.75 Å². The lowest BCUT2D eigenvalue weighted by Gasteiger charge is -2.31. The zero-order valence-corrected chi connectivity index (χ0v) is 20.9. The van der Waals surface area contributed by atoms with Gasteiger partial charge in [-0.2, -0.15) is 13.2 Å². The smallest absolute Gasteiger partial charge is 0.417 e. The Balaban J connectivity index is 1.79. The lowest BCUT2D eigenvalue weighted by Crippen LogP contribution is -2.27. The molecule has 0 amide bonds. The van der Waals surface area contributed by atoms with Crippen molar-refractivity contribution in [2.24, 2.45) is 11.8 Å². The maximum Gasteiger partial charge on any atom is 0.417 e. The van der Waals surface area contributed by atoms with Gasteiger partial charge < -0.3 is 5.11 Å². The first-order chi connectivity index (χ1) is 16.1. The number of carbonyl (C=O) groups is 1. The van der Waals surface area contributed by atoms with Gasteiger partial charge in [-0.3, -0.25) is 4.79 Å². The summed E-state index contributed by atoms with van der Waals surface area (Å²) < 4.78 is 38.3. The summed E-state index contributed by atoms with van der Waals surface area (Å²) in [5.74, 6) is 0.879. The number of hydrogen-bond acceptors (Lipinski definition) is 4. The van der Waals surface area contributed by atoms with Crippen LogP contribution in [0, 0.1) is 18.8 Å². The van der Waals surface area contributed by atoms with Crippen molar-refractivity contribution in [2.45, 2.75) is 71.0 Å². The van der Waals surface area contributed by atoms with E-state index in [-0.39, 0.29) is 23.4 Å². The Bertz CT molecular complexity index is 1040. The molecule has 1 N–H and O–H groups in total. The highest BCUT2D eigenvalue weighted by Crippen LogP contribution is 2.40. The molecule has 3 rings (SSSR count). The molecule has 34 heavy (non-hydrogen) atoms. The maximum atomic E-state index is 13.3. The van der Waals surface area contributed by atoms with Crippen LogP contribution >= 0.6 is 11.8 Å². The number of alkyl halides is 3. The van der Waals surface area contributed by atoms with Crippen molar-refractivity contribution in [1.82, 2.24) is 4.98 Å². The first-order valence-corrected chi connectivity index (χ1v) is 12.8. The number of rotatable bonds is 8. The molecule has 1 heterocycles. The van der Waals surface area contributed by atoms with E-state index in [4.69, 9.17) is 0 Å². The third kappa shape index (κ3) is 5.85. The van der Waals surface area contributed by atoms with E-state index >= 15 is 0 Å². The lowest BCUT2D eigenvalue weighted by atomic mass is 9.75. The maximum absolute atomic E-state index is 13.3. The summed E-state index contributed by atoms with van der Waals surface area (Å²) in [5.41, 5.74) is 3.92. The molecule has 3 nitrogen and oxygen atoms in total. The third-order valence-corrected chi connectivity index (χ3v) is 7.76. The van der Waals surface area contributed by atoms with Crippen LogP contribution in [-0.2, 0) is 23.8 Å². The van der Waals surface area contributed by atoms with Gasteiger partial charge in [0.15, 0.2) is 5.78 Å². The molecule has 184 valence electrons. The van der Waals surface area contributed by atoms with Crippen molar-refractivity contribution in [3.63, 3.8) is 0 Å². The van der Waals surface area contributed by atoms with Crippen molar-refractivity contribution < 1.29 is 23.1 Å². The van der Waals surface area contributed by atoms with Gasteiger partial charge >= 0.3 is 6.18 Å². The number of halogens is 3. The summed E-state index contributed by atoms with van der Waals surface area (Å²) in [4.78, 5) is 17.3. The minimum atomic E-state index is -4.40. The Labute approximate surface area is 203 Å². The zero-order valence-electron chi connectivity index (χ0n) is 20.1. The molecule has 2 aromatic rings. The van der Waals surface area contributed by atoms with Gasteiger partial charge in [-0.1, -0.05) is 44.9 Å². The molecule has 0 saturated heterocycles. The number of carbonyl (C=O) groups excluding carboxylic acids is 1. The molecule has 2 unspecified atom stereocenters. The van der Waals surface area contributed by atoms with Crippen LogP contribution in [0.2, 0.25) is 0 Å². The molecular formula is C27H32F3NO2S. The normalized spacial score (nSPS) is 17.9. The average molecular weight is 492 g/mol. The number of aliphatic hydroxyl groups excluding tert-OH is 1. The number of pyridine rings is 1. The van der Waals surface area contributed by atoms with E-state index in [9.17, 15) is 23.1 Å². The largest absolute Gasteiger partial charge is 0.512 e. The highest BCUT2D eigenvalue weighted by Gasteiger charge is 2.34. The Morgan fingerprint density at radius 2 is 1.76 bits per heavy atom. The molecule has 0 saturated carbocycles. The minimum absolute atomic E-state index is 0.0104. The Morgan fingerprint density at radius 1 is 1.12 bits per heavy atom. The second-order valence-corrected chi connectivity index (χ2v) is 9.98. The van der Waals surface area contributed by atoms with Crippen LogP contribution < -0.4 is 0 Å². The second kappa shape index (κ2) is 11.0. The quantitative estimate of drug-likeness (QED) is 0.386. The van der Waals surface area contributed by atoms with E-state index in [1.165, 1.54) is 17.8 Å². The first-order valence-electron chi connectivity index (χ1n) is 11.8. The van der Waals surface area contributed by atoms with Crippen LogP contribution in [0.1, 0.15) is 67.9 Å². The van der Waals surface area contributed by atoms with Crippen molar-refractivity contribution in [3.8, 4) is 0 Å². The topological polar surface area (TPSA) is 50.2 Å². The van der Waals surface area contributed by atoms with Crippen molar-refractivity contribution >= 4 is 23.1 Å². The monoisotopic (exact) mass is 491 g/mol. The summed E-state index contributed by atoms with van der Waals surface area (Å²) in [5, 5.41) is 11.6. The van der Waals surface area contributed by atoms with Crippen molar-refractivity contribution in [3.05, 3.63) is 64.0 Å². The van der Waals surface area contributed by atoms with Crippen LogP contribution in [0.5, 0.6) is 0 Å². The molecule has 0 fully saturated rings. The van der Waals surface area contributed by atoms with E-state index in [2.05, 4.69) is 31.0 Å². The number of allylic oxidation sites excluding steroid dienone is 2. The van der Waals surface area contributed by atoms with Crippen LogP contribution in [-0.4, -0.2) is 21.6 Å². The van der Waals surface area contributed by atoms with Crippen LogP contribution in [0.3, 0.4) is 0 Å². The Morgan fingerprint density at radius 3 is 2.24 bits per heavy atom. The molecule has 1 aliphatic carbocycles. The summed E-state index contributed by atoms with van der Waals surface area (Å²) in [6, 6.07) is 6.62. The summed E-state index contributed by atoms with van der Waals surface area (Å²) in [6.07, 6.45) is -0.387. The van der Waals surface area contributed by atoms with Crippen molar-refractivity contribution in [1.29, 1.82) is 0 Å². The number of benzene rings is 1. The van der Waals surface area contributed by atoms with Gasteiger partial charge in [0.25, 0.3) is 0 Å². The number of Topliss-reactive ketones (excluding diaryl/α,β-unsaturated/α-hetero) is 1. The predicted molar refractivity (Wildman–Crippen MR) is 131 cm³/mol. The number of thioether (sulfide) groups is 1. The SMILES string of the molecule is CCc1cc(C)cc(CC)c1C1=C(O)CC(C(CC)CSc2ccc(C(F)(F)F)cn2)CC1=O. The highest BCUT2D eigenvalue weighted by molar-refractivity contribution is 7.99. The van der Waals surface area contributed by atoms with E-state index < -0.39 is 11.7 Å². The lowest BCUT2D eigenvalue weighted by molar-refractivity contribution is -0.137. The Kier molecular flexibility index (Phi) is 8.50. The number of aliphatic hydroxyl groups is 1. The standard InChI is InChI=1S/C27H32F3NO2S/c1-5-17-10-16(4)11-18(6-2)25(17)26-22(32)12-20(13-23(26)33)19(7-3)15-34-24-9-8-21(14-31-24)27(28,29)30/h8-11,14,19-20,32H,5-7,12-13,15H2,1-4H3. The van der Waals surface area contributed by atoms with E-state index in [0.29, 0.717) is 29.2 Å². The summed E-state index contributed by atoms with van der Waals surface area (Å²) in [6.45, 7) is 8.21. The van der Waals surface area contributed by atoms with E-state index in [1.807, 2.05) is 13.8 Å². The van der Waals surface area contributed by atoms with Crippen LogP contribution in [0.25, 0.3) is 5.57 Å². The van der Waals surface area contributed by atoms with Crippen LogP contribution in [0.15, 0.2) is 41.2 Å².